The zero-order valence-corrected chi connectivity index (χ0v) is 18.4. The first-order valence-corrected chi connectivity index (χ1v) is 9.96. The number of fused-ring (bicyclic) bond motifs is 1. The fourth-order valence-electron chi connectivity index (χ4n) is 4.14. The molecule has 1 saturated heterocycles. The minimum Gasteiger partial charge on any atom is -0.493 e. The first kappa shape index (κ1) is 21.0. The van der Waals surface area contributed by atoms with Crippen LogP contribution in [-0.4, -0.2) is 41.2 Å². The van der Waals surface area contributed by atoms with Gasteiger partial charge < -0.3 is 33.2 Å². The molecule has 0 amide bonds. The molecule has 166 valence electrons. The molecule has 0 spiro atoms. The van der Waals surface area contributed by atoms with Crippen LogP contribution in [0.15, 0.2) is 18.2 Å². The van der Waals surface area contributed by atoms with Crippen LogP contribution in [0.3, 0.4) is 0 Å². The van der Waals surface area contributed by atoms with E-state index in [1.54, 1.807) is 28.4 Å². The summed E-state index contributed by atoms with van der Waals surface area (Å²) in [6, 6.07) is 5.52. The van der Waals surface area contributed by atoms with Gasteiger partial charge in [0.05, 0.1) is 34.4 Å². The molecule has 8 heteroatoms. The minimum absolute atomic E-state index is 0.0432. The van der Waals surface area contributed by atoms with Crippen molar-refractivity contribution in [3.8, 4) is 45.6 Å². The summed E-state index contributed by atoms with van der Waals surface area (Å²) in [5, 5.41) is 0. The third kappa shape index (κ3) is 3.26. The van der Waals surface area contributed by atoms with Crippen molar-refractivity contribution >= 4 is 5.97 Å². The average molecular weight is 430 g/mol. The van der Waals surface area contributed by atoms with Crippen LogP contribution >= 0.6 is 0 Å². The highest BCUT2D eigenvalue weighted by Crippen LogP contribution is 2.55. The smallest absolute Gasteiger partial charge is 0.309 e. The Morgan fingerprint density at radius 2 is 1.52 bits per heavy atom. The number of cyclic esters (lactones) is 1. The number of carbonyl (C=O) groups excluding carboxylic acids is 1. The number of benzene rings is 2. The molecule has 0 aliphatic carbocycles. The normalized spacial score (nSPS) is 21.6. The third-order valence-electron chi connectivity index (χ3n) is 6.00. The molecule has 0 unspecified atom stereocenters. The van der Waals surface area contributed by atoms with Crippen LogP contribution in [0.2, 0.25) is 0 Å². The van der Waals surface area contributed by atoms with Crippen molar-refractivity contribution in [2.75, 3.05) is 35.2 Å². The molecule has 4 rings (SSSR count). The molecular weight excluding hydrogens is 404 g/mol. The van der Waals surface area contributed by atoms with Crippen LogP contribution in [0.5, 0.6) is 34.5 Å². The molecule has 8 nitrogen and oxygen atoms in total. The lowest BCUT2D eigenvalue weighted by atomic mass is 9.85. The van der Waals surface area contributed by atoms with Gasteiger partial charge in [-0.3, -0.25) is 4.79 Å². The zero-order chi connectivity index (χ0) is 22.3. The van der Waals surface area contributed by atoms with E-state index in [2.05, 4.69) is 0 Å². The largest absolute Gasteiger partial charge is 0.493 e. The predicted molar refractivity (Wildman–Crippen MR) is 111 cm³/mol. The van der Waals surface area contributed by atoms with Gasteiger partial charge in [-0.2, -0.15) is 0 Å². The number of rotatable bonds is 6. The van der Waals surface area contributed by atoms with E-state index in [0.29, 0.717) is 40.1 Å². The number of ether oxygens (including phenoxy) is 7. The van der Waals surface area contributed by atoms with E-state index in [-0.39, 0.29) is 24.6 Å². The zero-order valence-electron chi connectivity index (χ0n) is 18.4. The Labute approximate surface area is 180 Å². The van der Waals surface area contributed by atoms with Crippen molar-refractivity contribution in [3.63, 3.8) is 0 Å². The van der Waals surface area contributed by atoms with Gasteiger partial charge in [-0.25, -0.2) is 0 Å². The van der Waals surface area contributed by atoms with E-state index in [1.807, 2.05) is 32.0 Å². The average Bonchev–Trinajstić information content (AvgIpc) is 3.36. The summed E-state index contributed by atoms with van der Waals surface area (Å²) in [5.41, 5.74) is 2.22. The molecule has 2 aliphatic heterocycles. The maximum atomic E-state index is 12.3. The molecule has 0 aromatic heterocycles. The standard InChI is InChI=1S/C23H26O8/c1-11-12(2)23(24)31-19(11)14-9-17-21(30-10-29-17)22(28-6)18(14)13-7-15(25-3)20(27-5)16(8-13)26-4/h7-9,11-12,19H,10H2,1-6H3/t11-,12-,19+/m0/s1. The summed E-state index contributed by atoms with van der Waals surface area (Å²) in [5.74, 6) is 2.49. The Balaban J connectivity index is 2.01. The summed E-state index contributed by atoms with van der Waals surface area (Å²) in [4.78, 5) is 12.3. The Morgan fingerprint density at radius 1 is 0.871 bits per heavy atom. The van der Waals surface area contributed by atoms with E-state index in [4.69, 9.17) is 33.2 Å². The lowest BCUT2D eigenvalue weighted by Crippen LogP contribution is -2.11. The number of hydrogen-bond acceptors (Lipinski definition) is 8. The molecule has 2 aromatic rings. The highest BCUT2D eigenvalue weighted by molar-refractivity contribution is 5.84. The van der Waals surface area contributed by atoms with E-state index in [1.165, 1.54) is 0 Å². The number of esters is 1. The summed E-state index contributed by atoms with van der Waals surface area (Å²) >= 11 is 0. The van der Waals surface area contributed by atoms with Crippen molar-refractivity contribution in [1.82, 2.24) is 0 Å². The number of hydrogen-bond donors (Lipinski definition) is 0. The first-order valence-electron chi connectivity index (χ1n) is 9.96. The molecule has 0 saturated carbocycles. The number of methoxy groups -OCH3 is 4. The van der Waals surface area contributed by atoms with E-state index < -0.39 is 6.10 Å². The highest BCUT2D eigenvalue weighted by atomic mass is 16.7. The molecule has 31 heavy (non-hydrogen) atoms. The Bertz CT molecular complexity index is 990. The van der Waals surface area contributed by atoms with Gasteiger partial charge in [0.15, 0.2) is 23.0 Å². The molecular formula is C23H26O8. The van der Waals surface area contributed by atoms with Crippen molar-refractivity contribution in [2.45, 2.75) is 20.0 Å². The maximum absolute atomic E-state index is 12.3. The van der Waals surface area contributed by atoms with Crippen molar-refractivity contribution in [3.05, 3.63) is 23.8 Å². The van der Waals surface area contributed by atoms with Gasteiger partial charge in [0.1, 0.15) is 6.10 Å². The maximum Gasteiger partial charge on any atom is 0.309 e. The Kier molecular flexibility index (Phi) is 5.47. The summed E-state index contributed by atoms with van der Waals surface area (Å²) < 4.78 is 39.4. The molecule has 3 atom stereocenters. The van der Waals surface area contributed by atoms with Crippen molar-refractivity contribution in [2.24, 2.45) is 11.8 Å². The Hall–Kier alpha value is -3.29. The van der Waals surface area contributed by atoms with Gasteiger partial charge in [-0.05, 0) is 23.8 Å². The number of carbonyl (C=O) groups is 1. The van der Waals surface area contributed by atoms with Gasteiger partial charge in [0.2, 0.25) is 18.3 Å². The van der Waals surface area contributed by atoms with E-state index in [9.17, 15) is 4.79 Å². The van der Waals surface area contributed by atoms with Gasteiger partial charge >= 0.3 is 5.97 Å². The molecule has 2 aliphatic rings. The lowest BCUT2D eigenvalue weighted by Gasteiger charge is -2.23. The van der Waals surface area contributed by atoms with Crippen LogP contribution in [0.4, 0.5) is 0 Å². The van der Waals surface area contributed by atoms with Crippen LogP contribution in [0.25, 0.3) is 11.1 Å². The third-order valence-corrected chi connectivity index (χ3v) is 6.00. The summed E-state index contributed by atoms with van der Waals surface area (Å²) in [6.07, 6.45) is -0.472. The molecule has 2 heterocycles. The molecule has 1 fully saturated rings. The minimum atomic E-state index is -0.472. The van der Waals surface area contributed by atoms with Gasteiger partial charge in [0.25, 0.3) is 0 Å². The van der Waals surface area contributed by atoms with Gasteiger partial charge in [0, 0.05) is 17.0 Å². The lowest BCUT2D eigenvalue weighted by molar-refractivity contribution is -0.144. The van der Waals surface area contributed by atoms with Crippen molar-refractivity contribution < 1.29 is 38.0 Å². The topological polar surface area (TPSA) is 81.7 Å². The molecule has 0 N–H and O–H groups in total. The second-order valence-electron chi connectivity index (χ2n) is 7.53. The fourth-order valence-corrected chi connectivity index (χ4v) is 4.14. The molecule has 2 aromatic carbocycles. The van der Waals surface area contributed by atoms with Gasteiger partial charge in [-0.1, -0.05) is 13.8 Å². The monoisotopic (exact) mass is 430 g/mol. The second-order valence-corrected chi connectivity index (χ2v) is 7.53. The first-order chi connectivity index (χ1) is 14.9. The summed E-state index contributed by atoms with van der Waals surface area (Å²) in [7, 11) is 6.23. The quantitative estimate of drug-likeness (QED) is 0.637. The van der Waals surface area contributed by atoms with Crippen LogP contribution < -0.4 is 28.4 Å². The highest BCUT2D eigenvalue weighted by Gasteiger charge is 2.42. The molecule has 0 bridgehead atoms. The Morgan fingerprint density at radius 3 is 2.03 bits per heavy atom. The molecule has 0 radical (unpaired) electrons. The fraction of sp³-hybridized carbons (Fsp3) is 0.435. The van der Waals surface area contributed by atoms with Gasteiger partial charge in [-0.15, -0.1) is 0 Å². The SMILES string of the molecule is COc1cc(-c2c([C@@H]3OC(=O)[C@@H](C)[C@@H]3C)cc3c(c2OC)OCO3)cc(OC)c1OC. The van der Waals surface area contributed by atoms with Crippen LogP contribution in [-0.2, 0) is 9.53 Å². The van der Waals surface area contributed by atoms with Crippen molar-refractivity contribution in [1.29, 1.82) is 0 Å². The van der Waals surface area contributed by atoms with Crippen LogP contribution in [0.1, 0.15) is 25.5 Å². The predicted octanol–water partition coefficient (Wildman–Crippen LogP) is 3.99. The summed E-state index contributed by atoms with van der Waals surface area (Å²) in [6.45, 7) is 3.95. The van der Waals surface area contributed by atoms with Crippen LogP contribution in [0, 0.1) is 11.8 Å². The van der Waals surface area contributed by atoms with E-state index >= 15 is 0 Å². The van der Waals surface area contributed by atoms with E-state index in [0.717, 1.165) is 11.1 Å². The second kappa shape index (κ2) is 8.09.